The number of hydrogen-bond donors (Lipinski definition) is 0. The summed E-state index contributed by atoms with van der Waals surface area (Å²) in [5.74, 6) is 0. The van der Waals surface area contributed by atoms with E-state index >= 15 is 0 Å². The third kappa shape index (κ3) is 2.80. The Balaban J connectivity index is 1.84. The van der Waals surface area contributed by atoms with Crippen molar-refractivity contribution >= 4 is 35.0 Å². The van der Waals surface area contributed by atoms with Gasteiger partial charge in [0.25, 0.3) is 0 Å². The van der Waals surface area contributed by atoms with E-state index in [-0.39, 0.29) is 19.6 Å². The van der Waals surface area contributed by atoms with E-state index in [2.05, 4.69) is 16.7 Å². The molecule has 2 nitrogen and oxygen atoms in total. The van der Waals surface area contributed by atoms with Crippen molar-refractivity contribution in [3.05, 3.63) is 96.7 Å². The standard InChI is InChI=1S/C21H15NOSe/c23-21(24-18-12-5-2-6-13-18)20-15-16-9-7-8-14-19(16)22(20)17-10-3-1-4-11-17/h1-15H. The summed E-state index contributed by atoms with van der Waals surface area (Å²) in [7, 11) is 0. The number of hydrogen-bond acceptors (Lipinski definition) is 1. The Morgan fingerprint density at radius 2 is 1.38 bits per heavy atom. The molecular formula is C21H15NOSe. The van der Waals surface area contributed by atoms with Crippen molar-refractivity contribution in [1.82, 2.24) is 4.57 Å². The molecule has 0 amide bonds. The van der Waals surface area contributed by atoms with Gasteiger partial charge < -0.3 is 0 Å². The van der Waals surface area contributed by atoms with Crippen LogP contribution >= 0.6 is 0 Å². The van der Waals surface area contributed by atoms with Gasteiger partial charge in [0.2, 0.25) is 0 Å². The normalized spacial score (nSPS) is 10.8. The number of carbonyl (C=O) groups excluding carboxylic acids is 1. The summed E-state index contributed by atoms with van der Waals surface area (Å²) in [6.07, 6.45) is 0. The summed E-state index contributed by atoms with van der Waals surface area (Å²) in [6.45, 7) is 0. The van der Waals surface area contributed by atoms with Crippen molar-refractivity contribution in [2.75, 3.05) is 0 Å². The average molecular weight is 376 g/mol. The van der Waals surface area contributed by atoms with Gasteiger partial charge in [0, 0.05) is 0 Å². The Hall–Kier alpha value is -2.61. The molecule has 3 aromatic carbocycles. The predicted molar refractivity (Wildman–Crippen MR) is 99.4 cm³/mol. The Labute approximate surface area is 146 Å². The molecule has 4 aromatic rings. The Bertz CT molecular complexity index is 990. The summed E-state index contributed by atoms with van der Waals surface area (Å²) in [6, 6.07) is 30.2. The molecule has 24 heavy (non-hydrogen) atoms. The second-order valence-corrected chi connectivity index (χ2v) is 7.66. The third-order valence-electron chi connectivity index (χ3n) is 3.89. The van der Waals surface area contributed by atoms with Gasteiger partial charge in [-0.3, -0.25) is 0 Å². The van der Waals surface area contributed by atoms with Crippen LogP contribution in [0.5, 0.6) is 0 Å². The molecule has 1 aromatic heterocycles. The SMILES string of the molecule is O=C([Se]c1ccccc1)c1cc2ccccc2n1-c1ccccc1. The van der Waals surface area contributed by atoms with Gasteiger partial charge in [-0.2, -0.15) is 0 Å². The molecule has 0 aliphatic rings. The molecule has 0 spiro atoms. The molecule has 0 aliphatic carbocycles. The van der Waals surface area contributed by atoms with Crippen molar-refractivity contribution in [2.45, 2.75) is 0 Å². The second-order valence-electron chi connectivity index (χ2n) is 5.46. The number of benzene rings is 3. The number of carbonyl (C=O) groups is 1. The first-order chi connectivity index (χ1) is 11.8. The van der Waals surface area contributed by atoms with Gasteiger partial charge in [0.1, 0.15) is 0 Å². The van der Waals surface area contributed by atoms with Crippen LogP contribution in [0.3, 0.4) is 0 Å². The summed E-state index contributed by atoms with van der Waals surface area (Å²) in [4.78, 5) is 13.0. The van der Waals surface area contributed by atoms with Crippen molar-refractivity contribution in [2.24, 2.45) is 0 Å². The van der Waals surface area contributed by atoms with E-state index in [1.165, 1.54) is 0 Å². The summed E-state index contributed by atoms with van der Waals surface area (Å²) >= 11 is -0.234. The van der Waals surface area contributed by atoms with Gasteiger partial charge in [0.05, 0.1) is 0 Å². The second kappa shape index (κ2) is 6.48. The minimum atomic E-state index is -0.234. The van der Waals surface area contributed by atoms with Gasteiger partial charge in [0.15, 0.2) is 0 Å². The minimum absolute atomic E-state index is 0.189. The zero-order chi connectivity index (χ0) is 16.4. The van der Waals surface area contributed by atoms with E-state index in [0.29, 0.717) is 0 Å². The van der Waals surface area contributed by atoms with E-state index in [9.17, 15) is 4.79 Å². The fourth-order valence-electron chi connectivity index (χ4n) is 2.81. The molecule has 0 N–H and O–H groups in total. The third-order valence-corrected chi connectivity index (χ3v) is 5.78. The molecule has 1 heterocycles. The monoisotopic (exact) mass is 377 g/mol. The van der Waals surface area contributed by atoms with E-state index in [1.54, 1.807) is 0 Å². The van der Waals surface area contributed by atoms with Crippen LogP contribution in [-0.4, -0.2) is 24.2 Å². The molecule has 4 rings (SSSR count). The van der Waals surface area contributed by atoms with Crippen LogP contribution in [0.15, 0.2) is 91.0 Å². The topological polar surface area (TPSA) is 22.0 Å². The fourth-order valence-corrected chi connectivity index (χ4v) is 4.41. The van der Waals surface area contributed by atoms with Crippen LogP contribution in [-0.2, 0) is 0 Å². The zero-order valence-electron chi connectivity index (χ0n) is 12.9. The Morgan fingerprint density at radius 1 is 0.750 bits per heavy atom. The molecule has 0 radical (unpaired) electrons. The first kappa shape index (κ1) is 14.9. The molecule has 0 saturated heterocycles. The molecule has 3 heteroatoms. The molecule has 116 valence electrons. The molecule has 0 atom stereocenters. The molecule has 0 fully saturated rings. The summed E-state index contributed by atoms with van der Waals surface area (Å²) < 4.78 is 3.36. The number of nitrogens with zero attached hydrogens (tertiary/aromatic N) is 1. The maximum absolute atomic E-state index is 13.0. The molecule has 0 saturated carbocycles. The average Bonchev–Trinajstić information content (AvgIpc) is 3.03. The first-order valence-electron chi connectivity index (χ1n) is 7.76. The van der Waals surface area contributed by atoms with Crippen molar-refractivity contribution < 1.29 is 4.79 Å². The van der Waals surface area contributed by atoms with E-state index in [0.717, 1.165) is 26.7 Å². The number of aromatic nitrogens is 1. The first-order valence-corrected chi connectivity index (χ1v) is 9.47. The fraction of sp³-hybridized carbons (Fsp3) is 0. The van der Waals surface area contributed by atoms with Crippen LogP contribution in [0, 0.1) is 0 Å². The molecule has 0 unspecified atom stereocenters. The van der Waals surface area contributed by atoms with Crippen LogP contribution in [0.1, 0.15) is 10.5 Å². The molecule has 0 bridgehead atoms. The van der Waals surface area contributed by atoms with Crippen LogP contribution in [0.2, 0.25) is 0 Å². The molecular weight excluding hydrogens is 361 g/mol. The maximum atomic E-state index is 13.0. The summed E-state index contributed by atoms with van der Waals surface area (Å²) in [5, 5.41) is 1.09. The van der Waals surface area contributed by atoms with Crippen molar-refractivity contribution in [3.63, 3.8) is 0 Å². The zero-order valence-corrected chi connectivity index (χ0v) is 14.6. The Kier molecular flexibility index (Phi) is 4.04. The van der Waals surface area contributed by atoms with Crippen molar-refractivity contribution in [1.29, 1.82) is 0 Å². The number of rotatable bonds is 4. The van der Waals surface area contributed by atoms with Gasteiger partial charge in [-0.15, -0.1) is 0 Å². The van der Waals surface area contributed by atoms with Crippen LogP contribution in [0.4, 0.5) is 0 Å². The quantitative estimate of drug-likeness (QED) is 0.497. The van der Waals surface area contributed by atoms with Gasteiger partial charge >= 0.3 is 147 Å². The summed E-state index contributed by atoms with van der Waals surface area (Å²) in [5.41, 5.74) is 2.84. The molecule has 0 aliphatic heterocycles. The van der Waals surface area contributed by atoms with Crippen LogP contribution < -0.4 is 4.46 Å². The predicted octanol–water partition coefficient (Wildman–Crippen LogP) is 3.80. The van der Waals surface area contributed by atoms with Crippen LogP contribution in [0.25, 0.3) is 16.6 Å². The van der Waals surface area contributed by atoms with Gasteiger partial charge in [-0.1, -0.05) is 0 Å². The van der Waals surface area contributed by atoms with E-state index in [1.807, 2.05) is 78.9 Å². The van der Waals surface area contributed by atoms with Gasteiger partial charge in [-0.05, 0) is 0 Å². The van der Waals surface area contributed by atoms with Crippen molar-refractivity contribution in [3.8, 4) is 5.69 Å². The number of para-hydroxylation sites is 2. The van der Waals surface area contributed by atoms with Gasteiger partial charge in [-0.25, -0.2) is 0 Å². The van der Waals surface area contributed by atoms with E-state index in [4.69, 9.17) is 0 Å². The number of fused-ring (bicyclic) bond motifs is 1. The van der Waals surface area contributed by atoms with E-state index < -0.39 is 0 Å². The Morgan fingerprint density at radius 3 is 2.12 bits per heavy atom.